The van der Waals surface area contributed by atoms with E-state index in [1.807, 2.05) is 31.1 Å². The molecule has 72 valence electrons. The van der Waals surface area contributed by atoms with Gasteiger partial charge in [0.15, 0.2) is 11.1 Å². The van der Waals surface area contributed by atoms with Crippen LogP contribution in [0.15, 0.2) is 29.2 Å². The molecule has 1 rings (SSSR count). The van der Waals surface area contributed by atoms with Crippen LogP contribution in [0.3, 0.4) is 0 Å². The third kappa shape index (κ3) is 3.26. The Balaban J connectivity index is 2.75. The standard InChI is InChI=1S/C9H13NO2S/c1-10(2)7-8-3-5-9(6-4-8)13(11)12/h3-6H,7H2,1-2H3,(H,11,12). The van der Waals surface area contributed by atoms with E-state index in [1.54, 1.807) is 12.1 Å². The molecule has 0 amide bonds. The van der Waals surface area contributed by atoms with Crippen LogP contribution in [0.1, 0.15) is 5.56 Å². The van der Waals surface area contributed by atoms with Gasteiger partial charge >= 0.3 is 0 Å². The second kappa shape index (κ2) is 4.50. The molecule has 0 radical (unpaired) electrons. The molecule has 1 atom stereocenters. The van der Waals surface area contributed by atoms with Crippen molar-refractivity contribution in [1.82, 2.24) is 4.90 Å². The van der Waals surface area contributed by atoms with E-state index in [0.717, 1.165) is 12.1 Å². The van der Waals surface area contributed by atoms with Gasteiger partial charge in [-0.15, -0.1) is 0 Å². The zero-order chi connectivity index (χ0) is 9.84. The number of benzene rings is 1. The van der Waals surface area contributed by atoms with Crippen molar-refractivity contribution in [3.63, 3.8) is 0 Å². The molecular formula is C9H13NO2S. The molecule has 0 aliphatic heterocycles. The maximum atomic E-state index is 10.6. The Bertz CT molecular complexity index is 295. The van der Waals surface area contributed by atoms with Crippen LogP contribution in [0.4, 0.5) is 0 Å². The zero-order valence-electron chi connectivity index (χ0n) is 7.73. The van der Waals surface area contributed by atoms with Gasteiger partial charge in [0.05, 0.1) is 4.90 Å². The van der Waals surface area contributed by atoms with Crippen molar-refractivity contribution >= 4 is 11.1 Å². The summed E-state index contributed by atoms with van der Waals surface area (Å²) >= 11 is -1.86. The largest absolute Gasteiger partial charge is 0.305 e. The van der Waals surface area contributed by atoms with Crippen LogP contribution in [0, 0.1) is 0 Å². The van der Waals surface area contributed by atoms with Crippen molar-refractivity contribution < 1.29 is 8.76 Å². The number of hydrogen-bond acceptors (Lipinski definition) is 2. The van der Waals surface area contributed by atoms with E-state index in [-0.39, 0.29) is 0 Å². The van der Waals surface area contributed by atoms with Crippen molar-refractivity contribution in [2.75, 3.05) is 14.1 Å². The summed E-state index contributed by atoms with van der Waals surface area (Å²) in [7, 11) is 3.97. The van der Waals surface area contributed by atoms with Gasteiger partial charge in [0, 0.05) is 6.54 Å². The van der Waals surface area contributed by atoms with E-state index in [4.69, 9.17) is 4.55 Å². The fraction of sp³-hybridized carbons (Fsp3) is 0.333. The fourth-order valence-corrected chi connectivity index (χ4v) is 1.45. The molecule has 0 aliphatic carbocycles. The Hall–Kier alpha value is -0.710. The Morgan fingerprint density at radius 1 is 1.31 bits per heavy atom. The lowest BCUT2D eigenvalue weighted by Crippen LogP contribution is -2.10. The predicted molar refractivity (Wildman–Crippen MR) is 52.9 cm³/mol. The van der Waals surface area contributed by atoms with Crippen molar-refractivity contribution in [3.8, 4) is 0 Å². The third-order valence-electron chi connectivity index (χ3n) is 1.62. The summed E-state index contributed by atoms with van der Waals surface area (Å²) in [5.41, 5.74) is 1.14. The minimum Gasteiger partial charge on any atom is -0.305 e. The highest BCUT2D eigenvalue weighted by Crippen LogP contribution is 2.08. The molecule has 0 saturated carbocycles. The van der Waals surface area contributed by atoms with Crippen molar-refractivity contribution in [2.24, 2.45) is 0 Å². The second-order valence-corrected chi connectivity index (χ2v) is 4.10. The molecule has 0 spiro atoms. The highest BCUT2D eigenvalue weighted by molar-refractivity contribution is 7.79. The first-order valence-corrected chi connectivity index (χ1v) is 5.05. The van der Waals surface area contributed by atoms with Crippen molar-refractivity contribution in [3.05, 3.63) is 29.8 Å². The lowest BCUT2D eigenvalue weighted by atomic mass is 10.2. The smallest absolute Gasteiger partial charge is 0.186 e. The summed E-state index contributed by atoms with van der Waals surface area (Å²) < 4.78 is 19.4. The first-order chi connectivity index (χ1) is 6.09. The maximum Gasteiger partial charge on any atom is 0.186 e. The van der Waals surface area contributed by atoms with Gasteiger partial charge in [-0.05, 0) is 31.8 Å². The van der Waals surface area contributed by atoms with Gasteiger partial charge in [-0.3, -0.25) is 0 Å². The topological polar surface area (TPSA) is 40.5 Å². The minimum atomic E-state index is -1.86. The van der Waals surface area contributed by atoms with E-state index in [1.165, 1.54) is 0 Å². The molecule has 0 aromatic heterocycles. The van der Waals surface area contributed by atoms with Crippen molar-refractivity contribution in [2.45, 2.75) is 11.4 Å². The number of nitrogens with zero attached hydrogens (tertiary/aromatic N) is 1. The predicted octanol–water partition coefficient (Wildman–Crippen LogP) is 1.33. The highest BCUT2D eigenvalue weighted by atomic mass is 32.2. The molecule has 0 heterocycles. The monoisotopic (exact) mass is 199 g/mol. The molecule has 3 nitrogen and oxygen atoms in total. The van der Waals surface area contributed by atoms with Crippen LogP contribution >= 0.6 is 0 Å². The molecule has 1 aromatic rings. The summed E-state index contributed by atoms with van der Waals surface area (Å²) in [5, 5.41) is 0. The molecule has 1 aromatic carbocycles. The lowest BCUT2D eigenvalue weighted by molar-refractivity contribution is 0.402. The van der Waals surface area contributed by atoms with E-state index < -0.39 is 11.1 Å². The van der Waals surface area contributed by atoms with Gasteiger partial charge in [-0.25, -0.2) is 4.21 Å². The number of hydrogen-bond donors (Lipinski definition) is 1. The fourth-order valence-electron chi connectivity index (χ4n) is 1.08. The normalized spacial score (nSPS) is 13.2. The van der Waals surface area contributed by atoms with Crippen LogP contribution in [-0.2, 0) is 17.6 Å². The van der Waals surface area contributed by atoms with E-state index in [9.17, 15) is 4.21 Å². The molecular weight excluding hydrogens is 186 g/mol. The maximum absolute atomic E-state index is 10.6. The summed E-state index contributed by atoms with van der Waals surface area (Å²) in [6.45, 7) is 0.846. The van der Waals surface area contributed by atoms with Gasteiger partial charge in [0.25, 0.3) is 0 Å². The average Bonchev–Trinajstić information content (AvgIpc) is 2.04. The third-order valence-corrected chi connectivity index (χ3v) is 2.30. The first-order valence-electron chi connectivity index (χ1n) is 3.94. The summed E-state index contributed by atoms with van der Waals surface area (Å²) in [6.07, 6.45) is 0. The van der Waals surface area contributed by atoms with Crippen LogP contribution < -0.4 is 0 Å². The number of rotatable bonds is 3. The molecule has 1 unspecified atom stereocenters. The molecule has 1 N–H and O–H groups in total. The Morgan fingerprint density at radius 2 is 1.85 bits per heavy atom. The summed E-state index contributed by atoms with van der Waals surface area (Å²) in [6, 6.07) is 7.08. The molecule has 0 fully saturated rings. The van der Waals surface area contributed by atoms with E-state index in [0.29, 0.717) is 4.90 Å². The molecule has 0 aliphatic rings. The van der Waals surface area contributed by atoms with Gasteiger partial charge in [0.1, 0.15) is 0 Å². The molecule has 4 heteroatoms. The van der Waals surface area contributed by atoms with Crippen LogP contribution in [0.5, 0.6) is 0 Å². The summed E-state index contributed by atoms with van der Waals surface area (Å²) in [4.78, 5) is 2.49. The van der Waals surface area contributed by atoms with Crippen LogP contribution in [0.25, 0.3) is 0 Å². The minimum absolute atomic E-state index is 0.447. The van der Waals surface area contributed by atoms with Crippen LogP contribution in [0.2, 0.25) is 0 Å². The molecule has 13 heavy (non-hydrogen) atoms. The van der Waals surface area contributed by atoms with E-state index in [2.05, 4.69) is 0 Å². The molecule has 0 saturated heterocycles. The van der Waals surface area contributed by atoms with E-state index >= 15 is 0 Å². The lowest BCUT2D eigenvalue weighted by Gasteiger charge is -2.09. The van der Waals surface area contributed by atoms with Crippen molar-refractivity contribution in [1.29, 1.82) is 0 Å². The Kier molecular flexibility index (Phi) is 3.59. The summed E-state index contributed by atoms with van der Waals surface area (Å²) in [5.74, 6) is 0. The Morgan fingerprint density at radius 3 is 2.23 bits per heavy atom. The van der Waals surface area contributed by atoms with Gasteiger partial charge < -0.3 is 9.45 Å². The average molecular weight is 199 g/mol. The van der Waals surface area contributed by atoms with Gasteiger partial charge in [0.2, 0.25) is 0 Å². The van der Waals surface area contributed by atoms with Gasteiger partial charge in [-0.2, -0.15) is 0 Å². The van der Waals surface area contributed by atoms with Crippen LogP contribution in [-0.4, -0.2) is 27.8 Å². The second-order valence-electron chi connectivity index (χ2n) is 3.13. The molecule has 0 bridgehead atoms. The SMILES string of the molecule is CN(C)Cc1ccc(S(=O)O)cc1. The van der Waals surface area contributed by atoms with Gasteiger partial charge in [-0.1, -0.05) is 12.1 Å². The Labute approximate surface area is 80.7 Å². The highest BCUT2D eigenvalue weighted by Gasteiger charge is 1.99. The quantitative estimate of drug-likeness (QED) is 0.747. The first kappa shape index (κ1) is 10.4. The zero-order valence-corrected chi connectivity index (χ0v) is 8.54.